The molecule has 0 atom stereocenters. The molecule has 8 heavy (non-hydrogen) atoms. The molecule has 0 fully saturated rings. The summed E-state index contributed by atoms with van der Waals surface area (Å²) in [5.74, 6) is 0. The molecule has 0 amide bonds. The fraction of sp³-hybridized carbons (Fsp3) is 0.714. The molecule has 0 aliphatic carbocycles. The summed E-state index contributed by atoms with van der Waals surface area (Å²) in [4.78, 5) is 0. The first kappa shape index (κ1) is 15.8. The average Bonchev–Trinajstić information content (AvgIpc) is 1.61. The first-order valence-electron chi connectivity index (χ1n) is 2.71. The summed E-state index contributed by atoms with van der Waals surface area (Å²) in [5.41, 5.74) is 0. The van der Waals surface area contributed by atoms with E-state index in [-0.39, 0.29) is 24.5 Å². The first-order chi connectivity index (χ1) is 2.91. The second-order valence-corrected chi connectivity index (χ2v) is 1.56. The quantitative estimate of drug-likeness (QED) is 0.341. The molecule has 0 saturated carbocycles. The molecule has 0 spiro atoms. The molecule has 0 unspecified atom stereocenters. The molecule has 0 N–H and O–H groups in total. The van der Waals surface area contributed by atoms with Crippen LogP contribution >= 0.6 is 0 Å². The van der Waals surface area contributed by atoms with Crippen molar-refractivity contribution in [2.24, 2.45) is 0 Å². The van der Waals surface area contributed by atoms with Gasteiger partial charge < -0.3 is 14.4 Å². The van der Waals surface area contributed by atoms with Gasteiger partial charge in [0.2, 0.25) is 0 Å². The topological polar surface area (TPSA) is 0 Å². The van der Waals surface area contributed by atoms with E-state index in [1.165, 1.54) is 19.3 Å². The van der Waals surface area contributed by atoms with Crippen molar-refractivity contribution in [3.05, 3.63) is 14.4 Å². The van der Waals surface area contributed by atoms with E-state index in [1.807, 2.05) is 0 Å². The molecule has 0 heterocycles. The van der Waals surface area contributed by atoms with Gasteiger partial charge in [-0.3, -0.25) is 0 Å². The van der Waals surface area contributed by atoms with E-state index < -0.39 is 0 Å². The first-order valence-corrected chi connectivity index (χ1v) is 2.71. The maximum absolute atomic E-state index is 3.72. The third-order valence-corrected chi connectivity index (χ3v) is 0.854. The Balaban J connectivity index is -0.000000125. The number of hydrogen-bond donors (Lipinski definition) is 0. The van der Waals surface area contributed by atoms with Gasteiger partial charge in [-0.05, 0) is 0 Å². The van der Waals surface area contributed by atoms with Crippen LogP contribution in [0.25, 0.3) is 0 Å². The van der Waals surface area contributed by atoms with Crippen LogP contribution in [-0.2, 0) is 17.1 Å². The molecule has 0 saturated heterocycles. The Morgan fingerprint density at radius 1 is 1.25 bits per heavy atom. The van der Waals surface area contributed by atoms with Gasteiger partial charge in [0.05, 0.1) is 0 Å². The average molecular weight is 164 g/mol. The van der Waals surface area contributed by atoms with Crippen LogP contribution in [0.3, 0.4) is 0 Å². The monoisotopic (exact) mass is 163 g/mol. The van der Waals surface area contributed by atoms with Gasteiger partial charge in [0, 0.05) is 0 Å². The smallest absolute Gasteiger partial charge is 0.358 e. The summed E-state index contributed by atoms with van der Waals surface area (Å²) in [6, 6.07) is 0. The van der Waals surface area contributed by atoms with Crippen LogP contribution in [-0.4, -0.2) is 0 Å². The van der Waals surface area contributed by atoms with E-state index in [9.17, 15) is 0 Å². The molecule has 0 rings (SSSR count). The predicted molar refractivity (Wildman–Crippen MR) is 35.9 cm³/mol. The Hall–Kier alpha value is 0.519. The van der Waals surface area contributed by atoms with Gasteiger partial charge in [0.1, 0.15) is 0 Å². The van der Waals surface area contributed by atoms with Crippen LogP contribution in [0.4, 0.5) is 0 Å². The fourth-order valence-electron chi connectivity index (χ4n) is 0.427. The van der Waals surface area contributed by atoms with E-state index in [2.05, 4.69) is 13.8 Å². The van der Waals surface area contributed by atoms with Gasteiger partial charge in [0.25, 0.3) is 0 Å². The fourth-order valence-corrected chi connectivity index (χ4v) is 0.427. The Labute approximate surface area is 64.5 Å². The van der Waals surface area contributed by atoms with Crippen LogP contribution in [0, 0.1) is 14.4 Å². The molecule has 0 aromatic heterocycles. The van der Waals surface area contributed by atoms with Crippen molar-refractivity contribution in [3.63, 3.8) is 0 Å². The van der Waals surface area contributed by atoms with Crippen molar-refractivity contribution in [3.8, 4) is 0 Å². The molecule has 55 valence electrons. The van der Waals surface area contributed by atoms with E-state index in [0.29, 0.717) is 0 Å². The van der Waals surface area contributed by atoms with Gasteiger partial charge >= 0.3 is 17.1 Å². The van der Waals surface area contributed by atoms with Crippen LogP contribution in [0.15, 0.2) is 0 Å². The van der Waals surface area contributed by atoms with Crippen molar-refractivity contribution >= 4 is 0 Å². The largest absolute Gasteiger partial charge is 2.00 e. The van der Waals surface area contributed by atoms with Crippen molar-refractivity contribution in [2.75, 3.05) is 0 Å². The van der Waals surface area contributed by atoms with E-state index in [4.69, 9.17) is 0 Å². The summed E-state index contributed by atoms with van der Waals surface area (Å²) < 4.78 is 0. The molecular weight excluding hydrogens is 148 g/mol. The van der Waals surface area contributed by atoms with E-state index >= 15 is 0 Å². The molecular formula is C7H16Cu. The number of unbranched alkanes of at least 4 members (excludes halogenated alkanes) is 3. The van der Waals surface area contributed by atoms with Crippen molar-refractivity contribution in [1.82, 2.24) is 0 Å². The number of rotatable bonds is 3. The summed E-state index contributed by atoms with van der Waals surface area (Å²) in [6.07, 6.45) is 5.07. The van der Waals surface area contributed by atoms with Crippen LogP contribution in [0.2, 0.25) is 0 Å². The van der Waals surface area contributed by atoms with Crippen LogP contribution in [0.1, 0.15) is 32.6 Å². The maximum Gasteiger partial charge on any atom is 2.00 e. The molecule has 0 aliphatic rings. The summed E-state index contributed by atoms with van der Waals surface area (Å²) >= 11 is 0. The van der Waals surface area contributed by atoms with Gasteiger partial charge in [-0.15, -0.1) is 0 Å². The van der Waals surface area contributed by atoms with Crippen molar-refractivity contribution in [1.29, 1.82) is 0 Å². The van der Waals surface area contributed by atoms with Crippen molar-refractivity contribution < 1.29 is 17.1 Å². The van der Waals surface area contributed by atoms with Gasteiger partial charge in [0.15, 0.2) is 0 Å². The molecule has 0 nitrogen and oxygen atoms in total. The van der Waals surface area contributed by atoms with Gasteiger partial charge in [-0.2, -0.15) is 6.42 Å². The Morgan fingerprint density at radius 2 is 1.75 bits per heavy atom. The molecule has 1 heteroatoms. The standard InChI is InChI=1S/C6H13.CH3.Cu/c1-3-5-6-4-2;;/h1,3-6H2,2H3;1H3;/q2*-1;+2. The van der Waals surface area contributed by atoms with E-state index in [1.54, 1.807) is 0 Å². The van der Waals surface area contributed by atoms with Crippen LogP contribution < -0.4 is 0 Å². The molecule has 1 radical (unpaired) electrons. The Kier molecular flexibility index (Phi) is 30.9. The number of hydrogen-bond acceptors (Lipinski definition) is 0. The minimum atomic E-state index is 0. The second-order valence-electron chi connectivity index (χ2n) is 1.56. The second kappa shape index (κ2) is 15.6. The minimum Gasteiger partial charge on any atom is -0.358 e. The third kappa shape index (κ3) is 16.0. The molecule has 0 aliphatic heterocycles. The molecule has 0 aromatic rings. The summed E-state index contributed by atoms with van der Waals surface area (Å²) in [7, 11) is 0. The Bertz CT molecular complexity index is 16.3. The predicted octanol–water partition coefficient (Wildman–Crippen LogP) is 2.85. The summed E-state index contributed by atoms with van der Waals surface area (Å²) in [5, 5.41) is 0. The zero-order chi connectivity index (χ0) is 4.83. The third-order valence-electron chi connectivity index (χ3n) is 0.854. The maximum atomic E-state index is 3.72. The van der Waals surface area contributed by atoms with Gasteiger partial charge in [-0.25, -0.2) is 0 Å². The van der Waals surface area contributed by atoms with Crippen LogP contribution in [0.5, 0.6) is 0 Å². The van der Waals surface area contributed by atoms with E-state index in [0.717, 1.165) is 6.42 Å². The Morgan fingerprint density at radius 3 is 1.88 bits per heavy atom. The molecule has 0 bridgehead atoms. The zero-order valence-corrected chi connectivity index (χ0v) is 6.78. The van der Waals surface area contributed by atoms with Gasteiger partial charge in [-0.1, -0.05) is 26.2 Å². The molecule has 0 aromatic carbocycles. The minimum absolute atomic E-state index is 0. The summed E-state index contributed by atoms with van der Waals surface area (Å²) in [6.45, 7) is 5.93. The SMILES string of the molecule is [CH2-]CCCCC.[CH3-].[Cu+2]. The van der Waals surface area contributed by atoms with Crippen molar-refractivity contribution in [2.45, 2.75) is 32.6 Å². The zero-order valence-electron chi connectivity index (χ0n) is 5.84. The normalized spacial score (nSPS) is 6.75.